The molecule has 58 valence electrons. The van der Waals surface area contributed by atoms with E-state index < -0.39 is 12.0 Å². The van der Waals surface area contributed by atoms with Gasteiger partial charge in [-0.15, -0.1) is 0 Å². The van der Waals surface area contributed by atoms with Crippen LogP contribution in [0.25, 0.3) is 0 Å². The maximum atomic E-state index is 12.3. The normalized spacial score (nSPS) is 31.2. The van der Waals surface area contributed by atoms with Crippen LogP contribution in [0.4, 0.5) is 8.78 Å². The van der Waals surface area contributed by atoms with Crippen molar-refractivity contribution in [3.05, 3.63) is 0 Å². The number of alkyl halides is 2. The lowest BCUT2D eigenvalue weighted by Gasteiger charge is -2.25. The smallest absolute Gasteiger partial charge is 0.263 e. The van der Waals surface area contributed by atoms with E-state index in [-0.39, 0.29) is 6.54 Å². The van der Waals surface area contributed by atoms with E-state index in [0.29, 0.717) is 6.42 Å². The molecule has 1 aliphatic rings. The number of aliphatic imine (C=N–C) groups is 1. The van der Waals surface area contributed by atoms with Gasteiger partial charge in [0.2, 0.25) is 0 Å². The second-order valence-corrected chi connectivity index (χ2v) is 2.42. The highest BCUT2D eigenvalue weighted by molar-refractivity contribution is 5.59. The summed E-state index contributed by atoms with van der Waals surface area (Å²) in [6, 6.07) is 0. The van der Waals surface area contributed by atoms with Crippen molar-refractivity contribution in [1.29, 1.82) is 0 Å². The number of nitrogens with zero attached hydrogens (tertiary/aromatic N) is 1. The van der Waals surface area contributed by atoms with Crippen LogP contribution in [-0.4, -0.2) is 24.8 Å². The maximum Gasteiger partial charge on any atom is 0.263 e. The fourth-order valence-electron chi connectivity index (χ4n) is 0.929. The third-order valence-electron chi connectivity index (χ3n) is 1.87. The molecule has 0 bridgehead atoms. The predicted octanol–water partition coefficient (Wildman–Crippen LogP) is 1.03. The van der Waals surface area contributed by atoms with Gasteiger partial charge in [-0.1, -0.05) is 6.92 Å². The first kappa shape index (κ1) is 7.44. The van der Waals surface area contributed by atoms with Crippen LogP contribution in [0, 0.1) is 0 Å². The first-order chi connectivity index (χ1) is 4.71. The van der Waals surface area contributed by atoms with Gasteiger partial charge in [0.15, 0.2) is 0 Å². The number of nitrogens with one attached hydrogen (secondary N) is 1. The van der Waals surface area contributed by atoms with Gasteiger partial charge in [0.1, 0.15) is 5.54 Å². The topological polar surface area (TPSA) is 24.4 Å². The highest BCUT2D eigenvalue weighted by Gasteiger charge is 2.39. The molecule has 1 N–H and O–H groups in total. The van der Waals surface area contributed by atoms with Gasteiger partial charge in [0.25, 0.3) is 6.43 Å². The fraction of sp³-hybridized carbons (Fsp3) is 0.833. The van der Waals surface area contributed by atoms with Crippen LogP contribution in [0.3, 0.4) is 0 Å². The van der Waals surface area contributed by atoms with E-state index in [1.165, 1.54) is 6.34 Å². The average molecular weight is 148 g/mol. The molecule has 0 saturated heterocycles. The number of hydrogen-bond acceptors (Lipinski definition) is 2. The number of halogens is 2. The van der Waals surface area contributed by atoms with E-state index in [4.69, 9.17) is 0 Å². The summed E-state index contributed by atoms with van der Waals surface area (Å²) < 4.78 is 24.5. The van der Waals surface area contributed by atoms with Crippen molar-refractivity contribution < 1.29 is 8.78 Å². The van der Waals surface area contributed by atoms with Gasteiger partial charge in [0, 0.05) is 0 Å². The van der Waals surface area contributed by atoms with Gasteiger partial charge in [-0.05, 0) is 6.42 Å². The molecule has 4 heteroatoms. The molecule has 0 aromatic heterocycles. The quantitative estimate of drug-likeness (QED) is 0.621. The standard InChI is InChI=1S/C6H10F2N2/c1-2-6(5(7)8)3-9-4-10-6/h4-5H,2-3H2,1H3,(H,9,10). The van der Waals surface area contributed by atoms with Crippen LogP contribution in [-0.2, 0) is 0 Å². The predicted molar refractivity (Wildman–Crippen MR) is 35.5 cm³/mol. The van der Waals surface area contributed by atoms with E-state index in [1.807, 2.05) is 0 Å². The largest absolute Gasteiger partial charge is 0.364 e. The first-order valence-corrected chi connectivity index (χ1v) is 3.25. The summed E-state index contributed by atoms with van der Waals surface area (Å²) in [6.45, 7) is 1.93. The summed E-state index contributed by atoms with van der Waals surface area (Å²) in [6.07, 6.45) is -0.569. The lowest BCUT2D eigenvalue weighted by Crippen LogP contribution is -2.49. The Morgan fingerprint density at radius 1 is 1.80 bits per heavy atom. The zero-order valence-corrected chi connectivity index (χ0v) is 5.77. The Morgan fingerprint density at radius 3 is 2.70 bits per heavy atom. The summed E-state index contributed by atoms with van der Waals surface area (Å²) >= 11 is 0. The minimum absolute atomic E-state index is 0.196. The first-order valence-electron chi connectivity index (χ1n) is 3.25. The molecule has 0 amide bonds. The van der Waals surface area contributed by atoms with Gasteiger partial charge in [-0.2, -0.15) is 0 Å². The molecule has 0 aliphatic carbocycles. The second-order valence-electron chi connectivity index (χ2n) is 2.42. The van der Waals surface area contributed by atoms with Crippen molar-refractivity contribution in [3.63, 3.8) is 0 Å². The minimum atomic E-state index is -2.33. The van der Waals surface area contributed by atoms with Crippen molar-refractivity contribution >= 4 is 6.34 Å². The summed E-state index contributed by atoms with van der Waals surface area (Å²) in [7, 11) is 0. The van der Waals surface area contributed by atoms with E-state index in [9.17, 15) is 8.78 Å². The van der Waals surface area contributed by atoms with Gasteiger partial charge in [0.05, 0.1) is 12.9 Å². The van der Waals surface area contributed by atoms with Crippen LogP contribution < -0.4 is 5.32 Å². The monoisotopic (exact) mass is 148 g/mol. The molecule has 1 aliphatic heterocycles. The van der Waals surface area contributed by atoms with Crippen LogP contribution in [0.5, 0.6) is 0 Å². The summed E-state index contributed by atoms with van der Waals surface area (Å²) in [5, 5.41) is 2.58. The van der Waals surface area contributed by atoms with E-state index in [2.05, 4.69) is 10.3 Å². The highest BCUT2D eigenvalue weighted by atomic mass is 19.3. The lowest BCUT2D eigenvalue weighted by molar-refractivity contribution is 0.0496. The van der Waals surface area contributed by atoms with E-state index >= 15 is 0 Å². The zero-order chi connectivity index (χ0) is 7.61. The van der Waals surface area contributed by atoms with Gasteiger partial charge < -0.3 is 5.32 Å². The van der Waals surface area contributed by atoms with Crippen molar-refractivity contribution in [2.24, 2.45) is 4.99 Å². The van der Waals surface area contributed by atoms with Gasteiger partial charge >= 0.3 is 0 Å². The Hall–Kier alpha value is -0.670. The van der Waals surface area contributed by atoms with E-state index in [0.717, 1.165) is 0 Å². The molecular weight excluding hydrogens is 138 g/mol. The van der Waals surface area contributed by atoms with Gasteiger partial charge in [-0.25, -0.2) is 8.78 Å². The second kappa shape index (κ2) is 2.52. The minimum Gasteiger partial charge on any atom is -0.364 e. The SMILES string of the molecule is CCC1(C(F)F)CN=CN1. The van der Waals surface area contributed by atoms with Crippen LogP contribution in [0.2, 0.25) is 0 Å². The van der Waals surface area contributed by atoms with Gasteiger partial charge in [-0.3, -0.25) is 4.99 Å². The Bertz CT molecular complexity index is 137. The third-order valence-corrected chi connectivity index (χ3v) is 1.87. The Balaban J connectivity index is 2.61. The van der Waals surface area contributed by atoms with Crippen molar-refractivity contribution in [2.75, 3.05) is 6.54 Å². The summed E-state index contributed by atoms with van der Waals surface area (Å²) in [5.41, 5.74) is -1.07. The third kappa shape index (κ3) is 0.978. The Labute approximate surface area is 58.3 Å². The number of rotatable bonds is 2. The molecule has 0 fully saturated rings. The lowest BCUT2D eigenvalue weighted by atomic mass is 9.98. The maximum absolute atomic E-state index is 12.3. The molecule has 0 aromatic carbocycles. The molecule has 2 nitrogen and oxygen atoms in total. The molecule has 0 saturated carbocycles. The molecule has 1 rings (SSSR count). The van der Waals surface area contributed by atoms with Crippen LogP contribution in [0.1, 0.15) is 13.3 Å². The Morgan fingerprint density at radius 2 is 2.50 bits per heavy atom. The zero-order valence-electron chi connectivity index (χ0n) is 5.77. The fourth-order valence-corrected chi connectivity index (χ4v) is 0.929. The summed E-state index contributed by atoms with van der Waals surface area (Å²) in [5.74, 6) is 0. The molecule has 0 radical (unpaired) electrons. The highest BCUT2D eigenvalue weighted by Crippen LogP contribution is 2.22. The molecule has 10 heavy (non-hydrogen) atoms. The number of hydrogen-bond donors (Lipinski definition) is 1. The summed E-state index contributed by atoms with van der Waals surface area (Å²) in [4.78, 5) is 3.71. The Kier molecular flexibility index (Phi) is 1.87. The van der Waals surface area contributed by atoms with E-state index in [1.54, 1.807) is 6.92 Å². The average Bonchev–Trinajstić information content (AvgIpc) is 2.35. The molecule has 1 unspecified atom stereocenters. The van der Waals surface area contributed by atoms with Crippen LogP contribution >= 0.6 is 0 Å². The van der Waals surface area contributed by atoms with Crippen molar-refractivity contribution in [2.45, 2.75) is 25.3 Å². The molecule has 0 aromatic rings. The van der Waals surface area contributed by atoms with Crippen LogP contribution in [0.15, 0.2) is 4.99 Å². The molecule has 0 spiro atoms. The molecular formula is C6H10F2N2. The molecule has 1 atom stereocenters. The van der Waals surface area contributed by atoms with Crippen molar-refractivity contribution in [1.82, 2.24) is 5.32 Å². The molecule has 1 heterocycles. The van der Waals surface area contributed by atoms with Crippen molar-refractivity contribution in [3.8, 4) is 0 Å².